The molecule has 4 rings (SSSR count). The average Bonchev–Trinajstić information content (AvgIpc) is 3.03. The number of hydrogen-bond acceptors (Lipinski definition) is 3. The van der Waals surface area contributed by atoms with Crippen LogP contribution in [-0.4, -0.2) is 47.8 Å². The molecule has 3 aromatic rings. The second-order valence-electron chi connectivity index (χ2n) is 7.17. The third kappa shape index (κ3) is 3.15. The van der Waals surface area contributed by atoms with Crippen molar-refractivity contribution in [2.45, 2.75) is 13.8 Å². The van der Waals surface area contributed by atoms with Crippen molar-refractivity contribution in [3.05, 3.63) is 65.1 Å². The number of Topliss-reactive ketones (excluding diaryl/α,β-unsaturated/α-hetero) is 1. The Balaban J connectivity index is 1.50. The van der Waals surface area contributed by atoms with Gasteiger partial charge in [-0.3, -0.25) is 9.59 Å². The number of nitrogens with zero attached hydrogens (tertiary/aromatic N) is 2. The zero-order valence-electron chi connectivity index (χ0n) is 16.0. The number of piperazine rings is 1. The molecule has 0 saturated carbocycles. The van der Waals surface area contributed by atoms with Crippen molar-refractivity contribution < 1.29 is 14.0 Å². The van der Waals surface area contributed by atoms with Gasteiger partial charge in [-0.15, -0.1) is 0 Å². The molecular weight excluding hydrogens is 357 g/mol. The zero-order valence-corrected chi connectivity index (χ0v) is 16.0. The van der Waals surface area contributed by atoms with E-state index in [1.54, 1.807) is 12.1 Å². The number of ketones is 1. The molecule has 1 fully saturated rings. The summed E-state index contributed by atoms with van der Waals surface area (Å²) in [6.45, 7) is 5.46. The third-order valence-corrected chi connectivity index (χ3v) is 5.37. The highest BCUT2D eigenvalue weighted by molar-refractivity contribution is 6.08. The van der Waals surface area contributed by atoms with Gasteiger partial charge in [-0.2, -0.15) is 0 Å². The molecule has 0 bridgehead atoms. The maximum absolute atomic E-state index is 14.4. The summed E-state index contributed by atoms with van der Waals surface area (Å²) in [4.78, 5) is 31.5. The molecule has 2 heterocycles. The Kier molecular flexibility index (Phi) is 4.63. The predicted octanol–water partition coefficient (Wildman–Crippen LogP) is 3.78. The number of fused-ring (bicyclic) bond motifs is 1. The van der Waals surface area contributed by atoms with Crippen molar-refractivity contribution in [2.75, 3.05) is 31.1 Å². The molecule has 1 aromatic heterocycles. The quantitative estimate of drug-likeness (QED) is 0.705. The maximum atomic E-state index is 14.4. The van der Waals surface area contributed by atoms with Crippen LogP contribution in [0.4, 0.5) is 10.1 Å². The van der Waals surface area contributed by atoms with Crippen molar-refractivity contribution in [3.63, 3.8) is 0 Å². The first-order valence-electron chi connectivity index (χ1n) is 9.37. The Labute approximate surface area is 162 Å². The summed E-state index contributed by atoms with van der Waals surface area (Å²) >= 11 is 0. The zero-order chi connectivity index (χ0) is 19.8. The van der Waals surface area contributed by atoms with Gasteiger partial charge in [0.2, 0.25) is 0 Å². The van der Waals surface area contributed by atoms with Crippen LogP contribution in [0.3, 0.4) is 0 Å². The molecule has 1 amide bonds. The molecule has 1 aliphatic rings. The van der Waals surface area contributed by atoms with E-state index in [1.165, 1.54) is 13.0 Å². The minimum atomic E-state index is -0.403. The van der Waals surface area contributed by atoms with Crippen LogP contribution in [0, 0.1) is 12.7 Å². The minimum absolute atomic E-state index is 0.00185. The summed E-state index contributed by atoms with van der Waals surface area (Å²) in [5.41, 5.74) is 3.36. The van der Waals surface area contributed by atoms with Crippen molar-refractivity contribution in [3.8, 4) is 0 Å². The van der Waals surface area contributed by atoms with E-state index >= 15 is 0 Å². The van der Waals surface area contributed by atoms with E-state index in [4.69, 9.17) is 0 Å². The largest absolute Gasteiger partial charge is 0.366 e. The number of carbonyl (C=O) groups is 2. The summed E-state index contributed by atoms with van der Waals surface area (Å²) in [6.07, 6.45) is 0. The van der Waals surface area contributed by atoms with Gasteiger partial charge in [0.25, 0.3) is 5.91 Å². The number of carbonyl (C=O) groups excluding carboxylic acids is 2. The van der Waals surface area contributed by atoms with Crippen LogP contribution >= 0.6 is 0 Å². The molecule has 144 valence electrons. The first kappa shape index (κ1) is 18.2. The standard InChI is InChI=1S/C22H22FN3O2/c1-14-21(17-5-3-4-6-19(17)24-14)22(28)26-11-9-25(10-12-26)20-8-7-16(15(2)27)13-18(20)23/h3-8,13,24H,9-12H2,1-2H3. The molecule has 5 nitrogen and oxygen atoms in total. The number of rotatable bonds is 3. The highest BCUT2D eigenvalue weighted by atomic mass is 19.1. The van der Waals surface area contributed by atoms with E-state index in [0.717, 1.165) is 16.6 Å². The lowest BCUT2D eigenvalue weighted by Gasteiger charge is -2.36. The summed E-state index contributed by atoms with van der Waals surface area (Å²) < 4.78 is 14.4. The van der Waals surface area contributed by atoms with Gasteiger partial charge in [-0.25, -0.2) is 4.39 Å². The van der Waals surface area contributed by atoms with Crippen molar-refractivity contribution >= 4 is 28.3 Å². The fourth-order valence-corrected chi connectivity index (χ4v) is 3.84. The third-order valence-electron chi connectivity index (χ3n) is 5.37. The summed E-state index contributed by atoms with van der Waals surface area (Å²) in [5, 5.41) is 0.929. The van der Waals surface area contributed by atoms with Gasteiger partial charge in [0.05, 0.1) is 11.3 Å². The first-order valence-corrected chi connectivity index (χ1v) is 9.37. The molecule has 0 aliphatic carbocycles. The molecule has 1 saturated heterocycles. The van der Waals surface area contributed by atoms with Crippen LogP contribution in [0.25, 0.3) is 10.9 Å². The number of aromatic nitrogens is 1. The van der Waals surface area contributed by atoms with E-state index in [1.807, 2.05) is 41.0 Å². The molecule has 0 radical (unpaired) electrons. The first-order chi connectivity index (χ1) is 13.5. The van der Waals surface area contributed by atoms with Crippen LogP contribution in [0.5, 0.6) is 0 Å². The number of amides is 1. The molecule has 1 N–H and O–H groups in total. The number of nitrogens with one attached hydrogen (secondary N) is 1. The van der Waals surface area contributed by atoms with E-state index in [2.05, 4.69) is 4.98 Å². The SMILES string of the molecule is CC(=O)c1ccc(N2CCN(C(=O)c3c(C)[nH]c4ccccc34)CC2)c(F)c1. The lowest BCUT2D eigenvalue weighted by atomic mass is 10.1. The average molecular weight is 379 g/mol. The van der Waals surface area contributed by atoms with E-state index < -0.39 is 5.82 Å². The molecular formula is C22H22FN3O2. The van der Waals surface area contributed by atoms with Gasteiger partial charge < -0.3 is 14.8 Å². The second kappa shape index (κ2) is 7.11. The van der Waals surface area contributed by atoms with Gasteiger partial charge >= 0.3 is 0 Å². The Bertz CT molecular complexity index is 1060. The fourth-order valence-electron chi connectivity index (χ4n) is 3.84. The monoisotopic (exact) mass is 379 g/mol. The number of aromatic amines is 1. The van der Waals surface area contributed by atoms with Crippen LogP contribution in [-0.2, 0) is 0 Å². The summed E-state index contributed by atoms with van der Waals surface area (Å²) in [5.74, 6) is -0.558. The van der Waals surface area contributed by atoms with Gasteiger partial charge in [0, 0.05) is 48.3 Å². The van der Waals surface area contributed by atoms with E-state index in [9.17, 15) is 14.0 Å². The Morgan fingerprint density at radius 3 is 2.43 bits per heavy atom. The normalized spacial score (nSPS) is 14.5. The number of halogens is 1. The Hall–Kier alpha value is -3.15. The van der Waals surface area contributed by atoms with Gasteiger partial charge in [0.1, 0.15) is 5.82 Å². The van der Waals surface area contributed by atoms with Crippen LogP contribution < -0.4 is 4.90 Å². The Morgan fingerprint density at radius 2 is 1.75 bits per heavy atom. The molecule has 2 aromatic carbocycles. The van der Waals surface area contributed by atoms with Crippen molar-refractivity contribution in [2.24, 2.45) is 0 Å². The summed E-state index contributed by atoms with van der Waals surface area (Å²) in [7, 11) is 0. The number of benzene rings is 2. The van der Waals surface area contributed by atoms with Gasteiger partial charge in [0.15, 0.2) is 5.78 Å². The molecule has 0 atom stereocenters. The van der Waals surface area contributed by atoms with Gasteiger partial charge in [-0.05, 0) is 38.1 Å². The number of anilines is 1. The van der Waals surface area contributed by atoms with Gasteiger partial charge in [-0.1, -0.05) is 18.2 Å². The minimum Gasteiger partial charge on any atom is -0.366 e. The molecule has 0 spiro atoms. The highest BCUT2D eigenvalue weighted by Gasteiger charge is 2.26. The van der Waals surface area contributed by atoms with Crippen LogP contribution in [0.2, 0.25) is 0 Å². The van der Waals surface area contributed by atoms with E-state index in [0.29, 0.717) is 43.0 Å². The smallest absolute Gasteiger partial charge is 0.256 e. The van der Waals surface area contributed by atoms with Crippen LogP contribution in [0.1, 0.15) is 33.3 Å². The lowest BCUT2D eigenvalue weighted by Crippen LogP contribution is -2.49. The van der Waals surface area contributed by atoms with E-state index in [-0.39, 0.29) is 11.7 Å². The number of H-pyrrole nitrogens is 1. The number of hydrogen-bond donors (Lipinski definition) is 1. The Morgan fingerprint density at radius 1 is 1.04 bits per heavy atom. The molecule has 1 aliphatic heterocycles. The summed E-state index contributed by atoms with van der Waals surface area (Å²) in [6, 6.07) is 12.4. The lowest BCUT2D eigenvalue weighted by molar-refractivity contribution is 0.0747. The topological polar surface area (TPSA) is 56.4 Å². The predicted molar refractivity (Wildman–Crippen MR) is 108 cm³/mol. The molecule has 6 heteroatoms. The van der Waals surface area contributed by atoms with Crippen molar-refractivity contribution in [1.29, 1.82) is 0 Å². The maximum Gasteiger partial charge on any atom is 0.256 e. The number of aryl methyl sites for hydroxylation is 1. The second-order valence-corrected chi connectivity index (χ2v) is 7.17. The molecule has 28 heavy (non-hydrogen) atoms. The van der Waals surface area contributed by atoms with Crippen molar-refractivity contribution in [1.82, 2.24) is 9.88 Å². The fraction of sp³-hybridized carbons (Fsp3) is 0.273. The van der Waals surface area contributed by atoms with Crippen LogP contribution in [0.15, 0.2) is 42.5 Å². The highest BCUT2D eigenvalue weighted by Crippen LogP contribution is 2.26. The molecule has 0 unspecified atom stereocenters. The number of para-hydroxylation sites is 1.